The van der Waals surface area contributed by atoms with Gasteiger partial charge in [-0.1, -0.05) is 31.2 Å². The molecule has 0 amide bonds. The molecule has 0 aromatic carbocycles. The number of allylic oxidation sites excluding steroid dienone is 2. The third kappa shape index (κ3) is 2.01. The van der Waals surface area contributed by atoms with E-state index in [0.717, 1.165) is 19.4 Å². The summed E-state index contributed by atoms with van der Waals surface area (Å²) >= 11 is 0. The van der Waals surface area contributed by atoms with Crippen LogP contribution in [0.5, 0.6) is 0 Å². The predicted octanol–water partition coefficient (Wildman–Crippen LogP) is 2.43. The molecule has 2 aliphatic rings. The van der Waals surface area contributed by atoms with E-state index in [9.17, 15) is 0 Å². The lowest BCUT2D eigenvalue weighted by Gasteiger charge is -2.19. The molecule has 2 atom stereocenters. The maximum atomic E-state index is 4.22. The lowest BCUT2D eigenvalue weighted by atomic mass is 9.90. The Bertz CT molecular complexity index is 508. The van der Waals surface area contributed by atoms with E-state index in [1.807, 2.05) is 12.5 Å². The number of fused-ring (bicyclic) bond motifs is 1. The average molecular weight is 241 g/mol. The number of aryl methyl sites for hydroxylation is 2. The van der Waals surface area contributed by atoms with Crippen LogP contribution in [0.2, 0.25) is 0 Å². The van der Waals surface area contributed by atoms with Crippen molar-refractivity contribution in [3.63, 3.8) is 0 Å². The van der Waals surface area contributed by atoms with Gasteiger partial charge < -0.3 is 9.88 Å². The van der Waals surface area contributed by atoms with E-state index in [4.69, 9.17) is 0 Å². The van der Waals surface area contributed by atoms with Gasteiger partial charge in [0.1, 0.15) is 0 Å². The molecule has 0 radical (unpaired) electrons. The van der Waals surface area contributed by atoms with E-state index in [-0.39, 0.29) is 0 Å². The molecule has 0 bridgehead atoms. The van der Waals surface area contributed by atoms with Gasteiger partial charge in [-0.25, -0.2) is 4.98 Å². The third-order valence-corrected chi connectivity index (χ3v) is 3.83. The third-order valence-electron chi connectivity index (χ3n) is 3.83. The lowest BCUT2D eigenvalue weighted by Crippen LogP contribution is -2.25. The van der Waals surface area contributed by atoms with Crippen LogP contribution in [0.15, 0.2) is 48.6 Å². The van der Waals surface area contributed by atoms with Crippen LogP contribution < -0.4 is 5.32 Å². The van der Waals surface area contributed by atoms with Gasteiger partial charge in [-0.15, -0.1) is 0 Å². The van der Waals surface area contributed by atoms with E-state index < -0.39 is 0 Å². The molecule has 1 aromatic heterocycles. The van der Waals surface area contributed by atoms with Crippen LogP contribution in [-0.2, 0) is 13.0 Å². The zero-order chi connectivity index (χ0) is 12.4. The molecule has 3 rings (SSSR count). The molecule has 1 aliphatic carbocycles. The first-order valence-corrected chi connectivity index (χ1v) is 6.67. The van der Waals surface area contributed by atoms with Gasteiger partial charge in [0.15, 0.2) is 0 Å². The fourth-order valence-electron chi connectivity index (χ4n) is 2.75. The van der Waals surface area contributed by atoms with Crippen LogP contribution in [0.3, 0.4) is 0 Å². The number of rotatable bonds is 4. The normalized spacial score (nSPS) is 24.8. The lowest BCUT2D eigenvalue weighted by molar-refractivity contribution is 0.587. The largest absolute Gasteiger partial charge is 0.384 e. The molecule has 1 N–H and O–H groups in total. The van der Waals surface area contributed by atoms with Crippen LogP contribution >= 0.6 is 0 Å². The summed E-state index contributed by atoms with van der Waals surface area (Å²) in [4.78, 5) is 4.22. The van der Waals surface area contributed by atoms with Gasteiger partial charge >= 0.3 is 0 Å². The molecule has 0 fully saturated rings. The summed E-state index contributed by atoms with van der Waals surface area (Å²) < 4.78 is 2.26. The predicted molar refractivity (Wildman–Crippen MR) is 73.0 cm³/mol. The molecule has 3 heteroatoms. The average Bonchev–Trinajstić information content (AvgIpc) is 3.02. The van der Waals surface area contributed by atoms with Gasteiger partial charge in [0.25, 0.3) is 0 Å². The van der Waals surface area contributed by atoms with Crippen molar-refractivity contribution in [3.05, 3.63) is 54.3 Å². The van der Waals surface area contributed by atoms with E-state index in [0.29, 0.717) is 12.0 Å². The molecule has 0 spiro atoms. The summed E-state index contributed by atoms with van der Waals surface area (Å²) in [6.45, 7) is 3.20. The van der Waals surface area contributed by atoms with E-state index in [1.54, 1.807) is 0 Å². The number of nitrogens with one attached hydrogen (secondary N) is 1. The molecular weight excluding hydrogens is 222 g/mol. The van der Waals surface area contributed by atoms with Crippen LogP contribution in [0, 0.1) is 5.92 Å². The fraction of sp³-hybridized carbons (Fsp3) is 0.400. The van der Waals surface area contributed by atoms with Gasteiger partial charge in [-0.2, -0.15) is 0 Å². The molecule has 1 aromatic rings. The molecule has 1 aliphatic heterocycles. The first kappa shape index (κ1) is 11.3. The first-order valence-electron chi connectivity index (χ1n) is 6.67. The van der Waals surface area contributed by atoms with E-state index in [2.05, 4.69) is 52.3 Å². The maximum Gasteiger partial charge on any atom is 0.0948 e. The van der Waals surface area contributed by atoms with Gasteiger partial charge in [0, 0.05) is 24.4 Å². The molecule has 2 heterocycles. The summed E-state index contributed by atoms with van der Waals surface area (Å²) in [6.07, 6.45) is 17.0. The number of aromatic nitrogens is 2. The molecular formula is C15H19N3. The monoisotopic (exact) mass is 241 g/mol. The van der Waals surface area contributed by atoms with Crippen LogP contribution in [0.25, 0.3) is 0 Å². The maximum absolute atomic E-state index is 4.22. The quantitative estimate of drug-likeness (QED) is 0.877. The Balaban J connectivity index is 1.64. The molecule has 2 unspecified atom stereocenters. The van der Waals surface area contributed by atoms with Crippen molar-refractivity contribution in [2.45, 2.75) is 32.4 Å². The van der Waals surface area contributed by atoms with Crippen LogP contribution in [0.4, 0.5) is 0 Å². The Morgan fingerprint density at radius 3 is 3.11 bits per heavy atom. The summed E-state index contributed by atoms with van der Waals surface area (Å²) in [6, 6.07) is 0.471. The molecule has 0 saturated carbocycles. The van der Waals surface area contributed by atoms with E-state index >= 15 is 0 Å². The zero-order valence-corrected chi connectivity index (χ0v) is 10.7. The van der Waals surface area contributed by atoms with Crippen molar-refractivity contribution in [1.29, 1.82) is 0 Å². The second-order valence-electron chi connectivity index (χ2n) is 4.89. The Labute approximate surface area is 108 Å². The van der Waals surface area contributed by atoms with Crippen LogP contribution in [-0.4, -0.2) is 15.6 Å². The van der Waals surface area contributed by atoms with Crippen LogP contribution in [0.1, 0.15) is 19.0 Å². The van der Waals surface area contributed by atoms with Crippen molar-refractivity contribution in [3.8, 4) is 0 Å². The highest BCUT2D eigenvalue weighted by atomic mass is 15.0. The highest BCUT2D eigenvalue weighted by Crippen LogP contribution is 2.28. The second kappa shape index (κ2) is 4.84. The Morgan fingerprint density at radius 1 is 1.33 bits per heavy atom. The smallest absolute Gasteiger partial charge is 0.0948 e. The molecule has 18 heavy (non-hydrogen) atoms. The molecule has 0 saturated heterocycles. The Kier molecular flexibility index (Phi) is 3.05. The standard InChI is InChI=1S/C15H19N3/c1-2-13-10-16-11-18(13)8-7-12-9-17-15-6-4-3-5-14(12)15/h3-6,9-11,14-15,17H,2,7-8H2,1H3. The topological polar surface area (TPSA) is 29.9 Å². The summed E-state index contributed by atoms with van der Waals surface area (Å²) in [7, 11) is 0. The summed E-state index contributed by atoms with van der Waals surface area (Å²) in [5, 5.41) is 3.44. The van der Waals surface area contributed by atoms with Crippen molar-refractivity contribution < 1.29 is 0 Å². The highest BCUT2D eigenvalue weighted by Gasteiger charge is 2.26. The number of nitrogens with zero attached hydrogens (tertiary/aromatic N) is 2. The number of hydrogen-bond donors (Lipinski definition) is 1. The van der Waals surface area contributed by atoms with Crippen molar-refractivity contribution in [1.82, 2.24) is 14.9 Å². The second-order valence-corrected chi connectivity index (χ2v) is 4.89. The minimum absolute atomic E-state index is 0.471. The Hall–Kier alpha value is -1.77. The Morgan fingerprint density at radius 2 is 2.22 bits per heavy atom. The fourth-order valence-corrected chi connectivity index (χ4v) is 2.75. The number of hydrogen-bond acceptors (Lipinski definition) is 2. The first-order chi connectivity index (χ1) is 8.88. The van der Waals surface area contributed by atoms with E-state index in [1.165, 1.54) is 11.3 Å². The SMILES string of the molecule is CCc1cncn1CCC1=CNC2C=CC=CC12. The minimum Gasteiger partial charge on any atom is -0.384 e. The van der Waals surface area contributed by atoms with Crippen molar-refractivity contribution in [2.75, 3.05) is 0 Å². The van der Waals surface area contributed by atoms with Crippen molar-refractivity contribution >= 4 is 0 Å². The molecule has 94 valence electrons. The molecule has 3 nitrogen and oxygen atoms in total. The van der Waals surface area contributed by atoms with Crippen molar-refractivity contribution in [2.24, 2.45) is 5.92 Å². The summed E-state index contributed by atoms with van der Waals surface area (Å²) in [5.74, 6) is 0.545. The minimum atomic E-state index is 0.471. The summed E-state index contributed by atoms with van der Waals surface area (Å²) in [5.41, 5.74) is 2.81. The van der Waals surface area contributed by atoms with Gasteiger partial charge in [0.2, 0.25) is 0 Å². The van der Waals surface area contributed by atoms with Gasteiger partial charge in [0.05, 0.1) is 12.4 Å². The number of imidazole rings is 1. The highest BCUT2D eigenvalue weighted by molar-refractivity contribution is 5.31. The van der Waals surface area contributed by atoms with Gasteiger partial charge in [-0.05, 0) is 24.6 Å². The zero-order valence-electron chi connectivity index (χ0n) is 10.7. The van der Waals surface area contributed by atoms with Gasteiger partial charge in [-0.3, -0.25) is 0 Å².